The normalized spacial score (nSPS) is 9.50. The van der Waals surface area contributed by atoms with Crippen LogP contribution < -0.4 is 0 Å². The van der Waals surface area contributed by atoms with Crippen molar-refractivity contribution in [1.82, 2.24) is 0 Å². The first kappa shape index (κ1) is 22.6. The molecule has 0 fully saturated rings. The van der Waals surface area contributed by atoms with Crippen LogP contribution in [0.2, 0.25) is 0 Å². The van der Waals surface area contributed by atoms with Gasteiger partial charge in [0.05, 0.1) is 12.0 Å². The summed E-state index contributed by atoms with van der Waals surface area (Å²) in [6.45, 7) is 5.58. The molecule has 0 aliphatic rings. The van der Waals surface area contributed by atoms with Gasteiger partial charge < -0.3 is 9.84 Å². The van der Waals surface area contributed by atoms with Crippen LogP contribution in [0.1, 0.15) is 27.2 Å². The van der Waals surface area contributed by atoms with Crippen LogP contribution in [-0.4, -0.2) is 29.2 Å². The third kappa shape index (κ3) is 10.1. The van der Waals surface area contributed by atoms with Crippen molar-refractivity contribution in [2.75, 3.05) is 13.2 Å². The first-order valence-electron chi connectivity index (χ1n) is 6.37. The zero-order valence-electron chi connectivity index (χ0n) is 12.7. The Hall–Kier alpha value is -1.64. The third-order valence-corrected chi connectivity index (χ3v) is 2.67. The minimum atomic E-state index is -0.437. The van der Waals surface area contributed by atoms with Gasteiger partial charge in [0.1, 0.15) is 6.61 Å². The Bertz CT molecular complexity index is 438. The predicted molar refractivity (Wildman–Crippen MR) is 74.7 cm³/mol. The summed E-state index contributed by atoms with van der Waals surface area (Å²) in [7, 11) is 0. The van der Waals surface area contributed by atoms with Crippen LogP contribution in [0.25, 0.3) is 0 Å². The van der Waals surface area contributed by atoms with Crippen molar-refractivity contribution in [1.29, 1.82) is 0 Å². The molecule has 127 valence electrons. The number of carbonyl (C=O) groups excluding carboxylic acids is 1. The number of aliphatic hydroxyl groups is 1. The van der Waals surface area contributed by atoms with Gasteiger partial charge in [-0.3, -0.25) is 14.9 Å². The Balaban J connectivity index is 0. The molecule has 0 spiro atoms. The van der Waals surface area contributed by atoms with Gasteiger partial charge in [-0.25, -0.2) is 0 Å². The molecule has 0 atom stereocenters. The third-order valence-electron chi connectivity index (χ3n) is 2.67. The second-order valence-electron chi connectivity index (χ2n) is 4.61. The van der Waals surface area contributed by atoms with Gasteiger partial charge in [0, 0.05) is 4.92 Å². The van der Waals surface area contributed by atoms with Crippen molar-refractivity contribution < 1.29 is 39.1 Å². The molecule has 0 aliphatic carbocycles. The van der Waals surface area contributed by atoms with Crippen LogP contribution in [0.15, 0.2) is 24.3 Å². The molecule has 0 saturated carbocycles. The van der Waals surface area contributed by atoms with Crippen molar-refractivity contribution in [3.63, 3.8) is 0 Å². The number of hydrogen-bond acceptors (Lipinski definition) is 6. The van der Waals surface area contributed by atoms with Crippen molar-refractivity contribution in [2.45, 2.75) is 27.2 Å². The van der Waals surface area contributed by atoms with E-state index >= 15 is 0 Å². The molecule has 0 radical (unpaired) electrons. The fourth-order valence-corrected chi connectivity index (χ4v) is 0.978. The van der Waals surface area contributed by atoms with Gasteiger partial charge in [-0.1, -0.05) is 19.1 Å². The summed E-state index contributed by atoms with van der Waals surface area (Å²) in [5.41, 5.74) is -0.316. The fraction of sp³-hybridized carbons (Fsp3) is 0.500. The number of carbonyl (C=O) groups is 1. The summed E-state index contributed by atoms with van der Waals surface area (Å²) in [6, 6.07) is 8.51. The number of hydrogen-bond donors (Lipinski definition) is 1. The first-order valence-corrected chi connectivity index (χ1v) is 6.80. The van der Waals surface area contributed by atoms with E-state index in [4.69, 9.17) is 13.7 Å². The van der Waals surface area contributed by atoms with Crippen molar-refractivity contribution in [3.8, 4) is 0 Å². The first-order chi connectivity index (χ1) is 10.3. The molecule has 0 aliphatic heterocycles. The molecule has 0 unspecified atom stereocenters. The summed E-state index contributed by atoms with van der Waals surface area (Å²) < 4.78 is 12.7. The molecule has 0 saturated heterocycles. The van der Waals surface area contributed by atoms with Crippen LogP contribution in [0, 0.1) is 21.6 Å². The van der Waals surface area contributed by atoms with E-state index in [0.29, 0.717) is 0 Å². The standard InChI is InChI=1S/C8H16O3.C6H4NO2.Co.O/c1-4-8(2,3)7(10)11-6-5-9;8-7(9)6-4-2-1-3-5-6;;/h9H,4-6H2,1-3H3;2-5H;;/q;-1;;. The summed E-state index contributed by atoms with van der Waals surface area (Å²) in [5, 5.41) is 18.4. The van der Waals surface area contributed by atoms with Gasteiger partial charge in [-0.2, -0.15) is 18.2 Å². The predicted octanol–water partition coefficient (Wildman–Crippen LogP) is 2.23. The van der Waals surface area contributed by atoms with Crippen LogP contribution in [0.5, 0.6) is 0 Å². The second kappa shape index (κ2) is 13.0. The number of nitrogens with zero attached hydrogens (tertiary/aromatic N) is 1. The van der Waals surface area contributed by atoms with Crippen molar-refractivity contribution >= 4 is 11.7 Å². The van der Waals surface area contributed by atoms with E-state index in [-0.39, 0.29) is 24.9 Å². The average Bonchev–Trinajstić information content (AvgIpc) is 2.55. The Morgan fingerprint density at radius 2 is 1.91 bits per heavy atom. The zero-order chi connectivity index (χ0) is 17.6. The summed E-state index contributed by atoms with van der Waals surface area (Å²) in [5.74, 6) is -0.242. The number of benzene rings is 1. The van der Waals surface area contributed by atoms with Crippen molar-refractivity contribution in [2.24, 2.45) is 5.41 Å². The molecular formula is C14H20CoNO6-. The number of esters is 1. The number of ether oxygens (including phenoxy) is 1. The molecule has 0 aromatic heterocycles. The molecule has 0 amide bonds. The van der Waals surface area contributed by atoms with Crippen LogP contribution in [0.4, 0.5) is 5.69 Å². The van der Waals surface area contributed by atoms with Gasteiger partial charge in [-0.15, -0.1) is 0 Å². The van der Waals surface area contributed by atoms with Gasteiger partial charge in [0.15, 0.2) is 5.69 Å². The van der Waals surface area contributed by atoms with E-state index in [2.05, 4.69) is 21.7 Å². The second-order valence-corrected chi connectivity index (χ2v) is 4.61. The number of non-ortho nitro benzene ring substituents is 1. The fourth-order valence-electron chi connectivity index (χ4n) is 0.978. The number of nitro benzene ring substituents is 1. The van der Waals surface area contributed by atoms with E-state index < -0.39 is 10.3 Å². The van der Waals surface area contributed by atoms with E-state index in [0.717, 1.165) is 6.42 Å². The Morgan fingerprint density at radius 1 is 1.41 bits per heavy atom. The minimum absolute atomic E-state index is 0.0995. The number of nitro groups is 1. The summed E-state index contributed by atoms with van der Waals surface area (Å²) >= 11 is 2.31. The Labute approximate surface area is 137 Å². The molecular weight excluding hydrogens is 337 g/mol. The molecule has 0 bridgehead atoms. The molecule has 8 heteroatoms. The molecule has 1 rings (SSSR count). The topological polar surface area (TPSA) is 107 Å². The average molecular weight is 357 g/mol. The molecule has 1 N–H and O–H groups in total. The molecule has 22 heavy (non-hydrogen) atoms. The van der Waals surface area contributed by atoms with Gasteiger partial charge in [0.25, 0.3) is 0 Å². The van der Waals surface area contributed by atoms with Gasteiger partial charge in [-0.05, 0) is 20.3 Å². The van der Waals surface area contributed by atoms with E-state index in [1.807, 2.05) is 20.8 Å². The number of aliphatic hydroxyl groups excluding tert-OH is 1. The molecule has 7 nitrogen and oxygen atoms in total. The van der Waals surface area contributed by atoms with Gasteiger partial charge in [0.2, 0.25) is 0 Å². The van der Waals surface area contributed by atoms with E-state index in [1.165, 1.54) is 24.3 Å². The molecule has 1 aromatic rings. The SMILES string of the molecule is CCC(C)(C)C(=O)OCCO.O=[N+]([O-])c1cc[c-]cc1.[O]=[Co]. The Kier molecular flexibility index (Phi) is 13.4. The summed E-state index contributed by atoms with van der Waals surface area (Å²) in [4.78, 5) is 20.7. The number of rotatable bonds is 5. The maximum absolute atomic E-state index is 11.1. The maximum atomic E-state index is 11.1. The zero-order valence-corrected chi connectivity index (χ0v) is 13.7. The van der Waals surface area contributed by atoms with E-state index in [1.54, 1.807) is 0 Å². The van der Waals surface area contributed by atoms with Crippen molar-refractivity contribution in [3.05, 3.63) is 40.4 Å². The molecule has 0 heterocycles. The van der Waals surface area contributed by atoms with Crippen LogP contribution in [-0.2, 0) is 29.1 Å². The van der Waals surface area contributed by atoms with Crippen LogP contribution in [0.3, 0.4) is 0 Å². The quantitative estimate of drug-likeness (QED) is 0.375. The molecule has 1 aromatic carbocycles. The monoisotopic (exact) mass is 357 g/mol. The van der Waals surface area contributed by atoms with E-state index in [9.17, 15) is 14.9 Å². The summed E-state index contributed by atoms with van der Waals surface area (Å²) in [6.07, 6.45) is 0.747. The Morgan fingerprint density at radius 3 is 2.23 bits per heavy atom. The van der Waals surface area contributed by atoms with Crippen LogP contribution >= 0.6 is 0 Å². The van der Waals surface area contributed by atoms with Gasteiger partial charge >= 0.3 is 25.5 Å².